The van der Waals surface area contributed by atoms with Gasteiger partial charge in [0.25, 0.3) is 0 Å². The minimum atomic E-state index is -0.654. The largest absolute Gasteiger partial charge is 0.444 e. The van der Waals surface area contributed by atoms with Gasteiger partial charge in [-0.1, -0.05) is 0 Å². The lowest BCUT2D eigenvalue weighted by atomic mass is 10.2. The van der Waals surface area contributed by atoms with Crippen molar-refractivity contribution in [3.05, 3.63) is 27.1 Å². The van der Waals surface area contributed by atoms with Gasteiger partial charge in [-0.3, -0.25) is 5.32 Å². The number of aryl methyl sites for hydroxylation is 1. The lowest BCUT2D eigenvalue weighted by Crippen LogP contribution is -2.27. The normalized spacial score (nSPS) is 11.2. The standard InChI is InChI=1S/C12H15FINO2/c1-7-5-8(13)10(9(14)6-7)15-11(16)17-12(2,3)4/h5-6H,1-4H3,(H,15,16). The van der Waals surface area contributed by atoms with Crippen LogP contribution in [0.25, 0.3) is 0 Å². The number of halogens is 2. The van der Waals surface area contributed by atoms with Gasteiger partial charge >= 0.3 is 6.09 Å². The molecule has 0 saturated carbocycles. The SMILES string of the molecule is Cc1cc(F)c(NC(=O)OC(C)(C)C)c(I)c1. The molecule has 0 fully saturated rings. The first-order chi connectivity index (χ1) is 7.69. The maximum absolute atomic E-state index is 13.6. The molecule has 17 heavy (non-hydrogen) atoms. The third kappa shape index (κ3) is 4.49. The van der Waals surface area contributed by atoms with Gasteiger partial charge in [-0.25, -0.2) is 9.18 Å². The minimum absolute atomic E-state index is 0.158. The molecule has 3 nitrogen and oxygen atoms in total. The maximum atomic E-state index is 13.6. The molecule has 5 heteroatoms. The van der Waals surface area contributed by atoms with Gasteiger partial charge in [0.05, 0.1) is 5.69 Å². The average Bonchev–Trinajstić information content (AvgIpc) is 2.08. The number of ether oxygens (including phenoxy) is 1. The summed E-state index contributed by atoms with van der Waals surface area (Å²) in [6, 6.07) is 3.16. The molecule has 0 aliphatic rings. The van der Waals surface area contributed by atoms with Crippen molar-refractivity contribution in [1.82, 2.24) is 0 Å². The van der Waals surface area contributed by atoms with Crippen LogP contribution in [0.5, 0.6) is 0 Å². The van der Waals surface area contributed by atoms with Crippen LogP contribution in [0.15, 0.2) is 12.1 Å². The number of anilines is 1. The van der Waals surface area contributed by atoms with E-state index in [1.807, 2.05) is 22.6 Å². The molecule has 0 bridgehead atoms. The first-order valence-corrected chi connectivity index (χ1v) is 6.22. The zero-order chi connectivity index (χ0) is 13.2. The van der Waals surface area contributed by atoms with Crippen molar-refractivity contribution in [1.29, 1.82) is 0 Å². The second kappa shape index (κ2) is 5.20. The van der Waals surface area contributed by atoms with Gasteiger partial charge in [-0.05, 0) is 68.0 Å². The number of benzene rings is 1. The van der Waals surface area contributed by atoms with Crippen molar-refractivity contribution in [2.75, 3.05) is 5.32 Å². The molecule has 1 N–H and O–H groups in total. The number of rotatable bonds is 1. The van der Waals surface area contributed by atoms with Crippen LogP contribution < -0.4 is 5.32 Å². The molecule has 94 valence electrons. The molecule has 0 heterocycles. The summed E-state index contributed by atoms with van der Waals surface area (Å²) in [6.07, 6.45) is -0.654. The highest BCUT2D eigenvalue weighted by Gasteiger charge is 2.18. The number of amides is 1. The molecule has 1 rings (SSSR count). The summed E-state index contributed by atoms with van der Waals surface area (Å²) in [7, 11) is 0. The summed E-state index contributed by atoms with van der Waals surface area (Å²) < 4.78 is 19.3. The molecule has 1 aromatic carbocycles. The van der Waals surface area contributed by atoms with Crippen LogP contribution in [-0.4, -0.2) is 11.7 Å². The fourth-order valence-electron chi connectivity index (χ4n) is 1.22. The molecule has 0 unspecified atom stereocenters. The highest BCUT2D eigenvalue weighted by Crippen LogP contribution is 2.24. The number of hydrogen-bond donors (Lipinski definition) is 1. The highest BCUT2D eigenvalue weighted by atomic mass is 127. The first kappa shape index (κ1) is 14.2. The second-order valence-electron chi connectivity index (χ2n) is 4.73. The summed E-state index contributed by atoms with van der Waals surface area (Å²) in [5.41, 5.74) is 0.364. The van der Waals surface area contributed by atoms with Crippen LogP contribution in [0.2, 0.25) is 0 Å². The van der Waals surface area contributed by atoms with Crippen LogP contribution in [0.3, 0.4) is 0 Å². The van der Waals surface area contributed by atoms with Gasteiger partial charge in [-0.15, -0.1) is 0 Å². The van der Waals surface area contributed by atoms with Crippen LogP contribution in [-0.2, 0) is 4.74 Å². The minimum Gasteiger partial charge on any atom is -0.444 e. The predicted octanol–water partition coefficient (Wildman–Crippen LogP) is 4.09. The van der Waals surface area contributed by atoms with Gasteiger partial charge in [-0.2, -0.15) is 0 Å². The van der Waals surface area contributed by atoms with Gasteiger partial charge in [0, 0.05) is 3.57 Å². The van der Waals surface area contributed by atoms with Crippen molar-refractivity contribution in [3.8, 4) is 0 Å². The van der Waals surface area contributed by atoms with E-state index in [9.17, 15) is 9.18 Å². The van der Waals surface area contributed by atoms with Crippen LogP contribution in [0.4, 0.5) is 14.9 Å². The molecule has 0 atom stereocenters. The lowest BCUT2D eigenvalue weighted by molar-refractivity contribution is 0.0635. The van der Waals surface area contributed by atoms with Crippen molar-refractivity contribution in [2.24, 2.45) is 0 Å². The lowest BCUT2D eigenvalue weighted by Gasteiger charge is -2.20. The molecule has 0 radical (unpaired) electrons. The zero-order valence-electron chi connectivity index (χ0n) is 10.2. The molecular formula is C12H15FINO2. The Balaban J connectivity index is 2.86. The Morgan fingerprint density at radius 3 is 2.47 bits per heavy atom. The Kier molecular flexibility index (Phi) is 4.35. The number of carbonyl (C=O) groups is 1. The van der Waals surface area contributed by atoms with Gasteiger partial charge in [0.15, 0.2) is 0 Å². The number of nitrogens with one attached hydrogen (secondary N) is 1. The smallest absolute Gasteiger partial charge is 0.412 e. The Hall–Kier alpha value is -0.850. The fourth-order valence-corrected chi connectivity index (χ4v) is 2.11. The predicted molar refractivity (Wildman–Crippen MR) is 73.7 cm³/mol. The molecule has 0 saturated heterocycles. The van der Waals surface area contributed by atoms with E-state index < -0.39 is 17.5 Å². The molecular weight excluding hydrogens is 336 g/mol. The third-order valence-electron chi connectivity index (χ3n) is 1.81. The second-order valence-corrected chi connectivity index (χ2v) is 5.89. The fraction of sp³-hybridized carbons (Fsp3) is 0.417. The summed E-state index contributed by atoms with van der Waals surface area (Å²) in [6.45, 7) is 7.05. The van der Waals surface area contributed by atoms with E-state index in [0.29, 0.717) is 3.57 Å². The van der Waals surface area contributed by atoms with E-state index in [0.717, 1.165) is 5.56 Å². The Bertz CT molecular complexity index is 418. The molecule has 0 aliphatic heterocycles. The molecule has 0 spiro atoms. The van der Waals surface area contributed by atoms with Crippen LogP contribution in [0.1, 0.15) is 26.3 Å². The molecule has 0 aliphatic carbocycles. The van der Waals surface area contributed by atoms with Gasteiger partial charge < -0.3 is 4.74 Å². The molecule has 1 amide bonds. The Morgan fingerprint density at radius 2 is 2.00 bits per heavy atom. The summed E-state index contributed by atoms with van der Waals surface area (Å²) in [4.78, 5) is 11.5. The number of carbonyl (C=O) groups excluding carboxylic acids is 1. The average molecular weight is 351 g/mol. The van der Waals surface area contributed by atoms with Crippen LogP contribution in [0, 0.1) is 16.3 Å². The molecule has 0 aromatic heterocycles. The Labute approximate surface area is 114 Å². The van der Waals surface area contributed by atoms with E-state index in [2.05, 4.69) is 5.32 Å². The summed E-state index contributed by atoms with van der Waals surface area (Å²) in [5, 5.41) is 2.42. The van der Waals surface area contributed by atoms with Crippen molar-refractivity contribution < 1.29 is 13.9 Å². The zero-order valence-corrected chi connectivity index (χ0v) is 12.4. The first-order valence-electron chi connectivity index (χ1n) is 5.15. The van der Waals surface area contributed by atoms with E-state index in [1.165, 1.54) is 6.07 Å². The highest BCUT2D eigenvalue weighted by molar-refractivity contribution is 14.1. The monoisotopic (exact) mass is 351 g/mol. The van der Waals surface area contributed by atoms with Crippen molar-refractivity contribution >= 4 is 34.4 Å². The van der Waals surface area contributed by atoms with E-state index in [4.69, 9.17) is 4.74 Å². The van der Waals surface area contributed by atoms with E-state index in [1.54, 1.807) is 33.8 Å². The van der Waals surface area contributed by atoms with E-state index >= 15 is 0 Å². The molecule has 1 aromatic rings. The van der Waals surface area contributed by atoms with Crippen LogP contribution >= 0.6 is 22.6 Å². The maximum Gasteiger partial charge on any atom is 0.412 e. The van der Waals surface area contributed by atoms with Gasteiger partial charge in [0.2, 0.25) is 0 Å². The third-order valence-corrected chi connectivity index (χ3v) is 2.66. The topological polar surface area (TPSA) is 38.3 Å². The van der Waals surface area contributed by atoms with Crippen molar-refractivity contribution in [2.45, 2.75) is 33.3 Å². The summed E-state index contributed by atoms with van der Waals surface area (Å²) in [5.74, 6) is -0.458. The number of hydrogen-bond acceptors (Lipinski definition) is 2. The van der Waals surface area contributed by atoms with Crippen molar-refractivity contribution in [3.63, 3.8) is 0 Å². The quantitative estimate of drug-likeness (QED) is 0.774. The summed E-state index contributed by atoms with van der Waals surface area (Å²) >= 11 is 1.97. The van der Waals surface area contributed by atoms with E-state index in [-0.39, 0.29) is 5.69 Å². The Morgan fingerprint density at radius 1 is 1.41 bits per heavy atom. The van der Waals surface area contributed by atoms with Gasteiger partial charge in [0.1, 0.15) is 11.4 Å².